The molecule has 0 aliphatic rings. The molecule has 0 fully saturated rings. The largest absolute Gasteiger partial charge is 0.507 e. The van der Waals surface area contributed by atoms with Gasteiger partial charge in [0.05, 0.1) is 11.4 Å². The molecule has 0 aliphatic heterocycles. The molecule has 0 bridgehead atoms. The van der Waals surface area contributed by atoms with Crippen molar-refractivity contribution in [2.75, 3.05) is 0 Å². The molecule has 0 unspecified atom stereocenters. The fraction of sp³-hybridized carbons (Fsp3) is 0.453. The van der Waals surface area contributed by atoms with Crippen LogP contribution in [-0.2, 0) is 21.7 Å². The lowest BCUT2D eigenvalue weighted by Gasteiger charge is -2.35. The minimum atomic E-state index is -0.257. The van der Waals surface area contributed by atoms with Gasteiger partial charge in [0.2, 0.25) is 0 Å². The second-order valence-corrected chi connectivity index (χ2v) is 22.1. The first-order chi connectivity index (χ1) is 25.6. The predicted octanol–water partition coefficient (Wildman–Crippen LogP) is 15.2. The smallest absolute Gasteiger partial charge is 0.127 e. The highest BCUT2D eigenvalue weighted by Gasteiger charge is 2.34. The van der Waals surface area contributed by atoms with Gasteiger partial charge in [0.15, 0.2) is 0 Å². The number of phenols is 2. The van der Waals surface area contributed by atoms with Crippen LogP contribution in [0.4, 0.5) is 0 Å². The Morgan fingerprint density at radius 2 is 0.714 bits per heavy atom. The zero-order valence-electron chi connectivity index (χ0n) is 37.4. The van der Waals surface area contributed by atoms with Gasteiger partial charge in [-0.15, -0.1) is 0 Å². The maximum Gasteiger partial charge on any atom is 0.127 e. The summed E-state index contributed by atoms with van der Waals surface area (Å²) in [5, 5.41) is 24.5. The maximum atomic E-state index is 12.2. The zero-order chi connectivity index (χ0) is 41.8. The number of benzene rings is 4. The Morgan fingerprint density at radius 3 is 1.02 bits per heavy atom. The number of aromatic nitrogens is 1. The van der Waals surface area contributed by atoms with E-state index < -0.39 is 0 Å². The normalized spacial score (nSPS) is 13.3. The Morgan fingerprint density at radius 1 is 0.393 bits per heavy atom. The quantitative estimate of drug-likeness (QED) is 0.166. The number of hydrogen-bond acceptors (Lipinski definition) is 3. The zero-order valence-corrected chi connectivity index (χ0v) is 37.4. The van der Waals surface area contributed by atoms with Gasteiger partial charge >= 0.3 is 0 Å². The molecule has 0 aliphatic carbocycles. The molecule has 0 atom stereocenters. The summed E-state index contributed by atoms with van der Waals surface area (Å²) < 4.78 is 0. The Hall–Kier alpha value is -4.37. The first-order valence-corrected chi connectivity index (χ1v) is 20.5. The van der Waals surface area contributed by atoms with E-state index in [1.54, 1.807) is 0 Å². The highest BCUT2D eigenvalue weighted by Crippen LogP contribution is 2.49. The fourth-order valence-corrected chi connectivity index (χ4v) is 9.04. The summed E-state index contributed by atoms with van der Waals surface area (Å²) in [7, 11) is 0. The van der Waals surface area contributed by atoms with Crippen LogP contribution in [0, 0.1) is 10.8 Å². The number of nitrogens with zero attached hydrogens (tertiary/aromatic N) is 1. The summed E-state index contributed by atoms with van der Waals surface area (Å²) in [5.74, 6) is 0.668. The van der Waals surface area contributed by atoms with Crippen molar-refractivity contribution < 1.29 is 10.2 Å². The van der Waals surface area contributed by atoms with Crippen LogP contribution in [-0.4, -0.2) is 15.2 Å². The van der Waals surface area contributed by atoms with Crippen LogP contribution in [0.15, 0.2) is 91.0 Å². The number of phenolic OH excluding ortho intramolecular Hbond substituents is 2. The van der Waals surface area contributed by atoms with Crippen LogP contribution < -0.4 is 0 Å². The molecule has 0 radical (unpaired) electrons. The number of aromatic hydroxyl groups is 2. The van der Waals surface area contributed by atoms with Gasteiger partial charge in [-0.25, -0.2) is 4.98 Å². The molecule has 1 heterocycles. The second-order valence-electron chi connectivity index (χ2n) is 22.1. The van der Waals surface area contributed by atoms with E-state index >= 15 is 0 Å². The molecule has 0 saturated heterocycles. The van der Waals surface area contributed by atoms with Crippen molar-refractivity contribution in [2.24, 2.45) is 10.8 Å². The van der Waals surface area contributed by atoms with Gasteiger partial charge in [-0.3, -0.25) is 0 Å². The molecule has 3 nitrogen and oxygen atoms in total. The third-order valence-corrected chi connectivity index (χ3v) is 11.1. The van der Waals surface area contributed by atoms with Gasteiger partial charge in [0, 0.05) is 33.4 Å². The van der Waals surface area contributed by atoms with Crippen molar-refractivity contribution in [3.8, 4) is 56.3 Å². The van der Waals surface area contributed by atoms with Gasteiger partial charge in [0.1, 0.15) is 11.5 Å². The first kappa shape index (κ1) is 42.8. The van der Waals surface area contributed by atoms with Gasteiger partial charge < -0.3 is 10.2 Å². The van der Waals surface area contributed by atoms with Crippen molar-refractivity contribution in [1.82, 2.24) is 4.98 Å². The van der Waals surface area contributed by atoms with E-state index in [0.29, 0.717) is 11.5 Å². The van der Waals surface area contributed by atoms with Crippen molar-refractivity contribution in [1.29, 1.82) is 0 Å². The average molecular weight is 752 g/mol. The lowest BCUT2D eigenvalue weighted by Crippen LogP contribution is -2.26. The van der Waals surface area contributed by atoms with E-state index in [4.69, 9.17) is 4.98 Å². The van der Waals surface area contributed by atoms with Crippen LogP contribution in [0.3, 0.4) is 0 Å². The molecule has 3 heteroatoms. The monoisotopic (exact) mass is 752 g/mol. The topological polar surface area (TPSA) is 53.4 Å². The van der Waals surface area contributed by atoms with Crippen LogP contribution in [0.25, 0.3) is 44.8 Å². The highest BCUT2D eigenvalue weighted by atomic mass is 16.3. The minimum absolute atomic E-state index is 0.0848. The fourth-order valence-electron chi connectivity index (χ4n) is 9.04. The molecule has 0 saturated carbocycles. The van der Waals surface area contributed by atoms with Crippen LogP contribution >= 0.6 is 0 Å². The van der Waals surface area contributed by atoms with Crippen molar-refractivity contribution in [3.63, 3.8) is 0 Å². The van der Waals surface area contributed by atoms with Gasteiger partial charge in [-0.1, -0.05) is 178 Å². The lowest BCUT2D eigenvalue weighted by atomic mass is 9.70. The van der Waals surface area contributed by atoms with Crippen LogP contribution in [0.5, 0.6) is 11.5 Å². The highest BCUT2D eigenvalue weighted by molar-refractivity contribution is 5.89. The summed E-state index contributed by atoms with van der Waals surface area (Å²) in [5.41, 5.74) is 10.8. The maximum absolute atomic E-state index is 12.2. The molecule has 5 aromatic rings. The molecule has 0 spiro atoms. The van der Waals surface area contributed by atoms with Gasteiger partial charge in [0.25, 0.3) is 0 Å². The van der Waals surface area contributed by atoms with Crippen LogP contribution in [0.1, 0.15) is 146 Å². The molecular weight excluding hydrogens is 683 g/mol. The first-order valence-electron chi connectivity index (χ1n) is 20.5. The summed E-state index contributed by atoms with van der Waals surface area (Å²) >= 11 is 0. The molecular formula is C53H69NO2. The molecule has 2 N–H and O–H groups in total. The Bertz CT molecular complexity index is 2050. The molecule has 56 heavy (non-hydrogen) atoms. The number of pyridine rings is 1. The SMILES string of the molecule is CC(C)(C)CC(C)(C)c1cc(C(C)(C)C)cc(-c2ccccc2-c2cccc(-c3ccccc3-c3cc(C(C)(C)C)cc(C(C)(C)CC(C)(C)C)c3O)n2)c1O. The number of rotatable bonds is 8. The van der Waals surface area contributed by atoms with E-state index in [0.717, 1.165) is 68.7 Å². The Labute approximate surface area is 339 Å². The Balaban J connectivity index is 1.72. The summed E-state index contributed by atoms with van der Waals surface area (Å²) in [6, 6.07) is 31.6. The third-order valence-electron chi connectivity index (χ3n) is 11.1. The van der Waals surface area contributed by atoms with Gasteiger partial charge in [-0.05, 0) is 91.9 Å². The van der Waals surface area contributed by atoms with E-state index in [9.17, 15) is 10.2 Å². The van der Waals surface area contributed by atoms with Crippen molar-refractivity contribution in [2.45, 2.75) is 145 Å². The van der Waals surface area contributed by atoms with Crippen LogP contribution in [0.2, 0.25) is 0 Å². The summed E-state index contributed by atoms with van der Waals surface area (Å²) in [6.07, 6.45) is 1.85. The molecule has 5 rings (SSSR count). The van der Waals surface area contributed by atoms with E-state index in [-0.39, 0.29) is 32.5 Å². The molecule has 298 valence electrons. The summed E-state index contributed by atoms with van der Waals surface area (Å²) in [6.45, 7) is 36.0. The number of hydrogen-bond donors (Lipinski definition) is 2. The lowest BCUT2D eigenvalue weighted by molar-refractivity contribution is 0.278. The second kappa shape index (κ2) is 14.9. The average Bonchev–Trinajstić information content (AvgIpc) is 3.05. The van der Waals surface area contributed by atoms with E-state index in [2.05, 4.69) is 178 Å². The minimum Gasteiger partial charge on any atom is -0.507 e. The van der Waals surface area contributed by atoms with E-state index in [1.807, 2.05) is 24.3 Å². The third kappa shape index (κ3) is 9.42. The summed E-state index contributed by atoms with van der Waals surface area (Å²) in [4.78, 5) is 5.36. The van der Waals surface area contributed by atoms with Crippen molar-refractivity contribution in [3.05, 3.63) is 113 Å². The molecule has 4 aromatic carbocycles. The van der Waals surface area contributed by atoms with E-state index in [1.165, 1.54) is 11.1 Å². The van der Waals surface area contributed by atoms with Gasteiger partial charge in [-0.2, -0.15) is 0 Å². The Kier molecular flexibility index (Phi) is 11.3. The van der Waals surface area contributed by atoms with Crippen molar-refractivity contribution >= 4 is 0 Å². The molecule has 0 amide bonds. The standard InChI is InChI=1S/C53H69NO2/c1-48(2,3)32-52(13,14)42-30-34(50(7,8)9)28-40(46(42)55)36-22-17-19-24-38(36)44-26-21-27-45(54-44)39-25-20-18-23-37(39)41-29-35(51(10,11)12)31-43(47(41)56)53(15,16)33-49(4,5)6/h17-31,55-56H,32-33H2,1-16H3. The predicted molar refractivity (Wildman–Crippen MR) is 241 cm³/mol. The molecule has 1 aromatic heterocycles.